The quantitative estimate of drug-likeness (QED) is 0.828. The molecule has 26 heavy (non-hydrogen) atoms. The second-order valence-electron chi connectivity index (χ2n) is 6.64. The molecule has 7 nitrogen and oxygen atoms in total. The number of alkyl halides is 2. The predicted octanol–water partition coefficient (Wildman–Crippen LogP) is 1.78. The Morgan fingerprint density at radius 2 is 2.00 bits per heavy atom. The Morgan fingerprint density at radius 1 is 1.31 bits per heavy atom. The summed E-state index contributed by atoms with van der Waals surface area (Å²) in [7, 11) is 1.80. The molecule has 1 aliphatic rings. The van der Waals surface area contributed by atoms with Crippen LogP contribution in [0, 0.1) is 12.8 Å². The molecule has 2 aromatic heterocycles. The van der Waals surface area contributed by atoms with Crippen molar-refractivity contribution in [3.8, 4) is 0 Å². The summed E-state index contributed by atoms with van der Waals surface area (Å²) in [5.41, 5.74) is 0.379. The Morgan fingerprint density at radius 3 is 2.54 bits per heavy atom. The van der Waals surface area contributed by atoms with Gasteiger partial charge in [0.15, 0.2) is 5.69 Å². The summed E-state index contributed by atoms with van der Waals surface area (Å²) in [5, 5.41) is 4.22. The highest BCUT2D eigenvalue weighted by molar-refractivity contribution is 5.92. The van der Waals surface area contributed by atoms with Gasteiger partial charge in [0.2, 0.25) is 0 Å². The topological polar surface area (TPSA) is 73.0 Å². The maximum atomic E-state index is 12.6. The predicted molar refractivity (Wildman–Crippen MR) is 90.0 cm³/mol. The van der Waals surface area contributed by atoms with Gasteiger partial charge in [-0.15, -0.1) is 0 Å². The van der Waals surface area contributed by atoms with E-state index in [0.29, 0.717) is 25.3 Å². The highest BCUT2D eigenvalue weighted by atomic mass is 19.3. The first kappa shape index (κ1) is 18.2. The zero-order valence-electron chi connectivity index (χ0n) is 14.7. The molecule has 3 rings (SSSR count). The minimum atomic E-state index is -2.75. The first-order valence-corrected chi connectivity index (χ1v) is 8.49. The molecule has 0 radical (unpaired) electrons. The molecule has 1 amide bonds. The molecule has 1 fully saturated rings. The Labute approximate surface area is 149 Å². The van der Waals surface area contributed by atoms with Crippen LogP contribution in [0.1, 0.15) is 41.1 Å². The fraction of sp³-hybridized carbons (Fsp3) is 0.529. The molecule has 0 aromatic carbocycles. The van der Waals surface area contributed by atoms with E-state index in [-0.39, 0.29) is 11.8 Å². The fourth-order valence-corrected chi connectivity index (χ4v) is 3.12. The molecule has 0 spiro atoms. The number of aryl methyl sites for hydroxylation is 2. The second-order valence-corrected chi connectivity index (χ2v) is 6.64. The first-order valence-electron chi connectivity index (χ1n) is 8.49. The van der Waals surface area contributed by atoms with Crippen LogP contribution in [0.15, 0.2) is 23.3 Å². The van der Waals surface area contributed by atoms with Crippen LogP contribution in [0.4, 0.5) is 8.78 Å². The monoisotopic (exact) mass is 365 g/mol. The Hall–Kier alpha value is -2.58. The smallest absolute Gasteiger partial charge is 0.280 e. The molecule has 0 aliphatic carbocycles. The number of rotatable bonds is 4. The average Bonchev–Trinajstić information content (AvgIpc) is 2.95. The number of piperidine rings is 1. The maximum Gasteiger partial charge on any atom is 0.280 e. The molecule has 0 atom stereocenters. The lowest BCUT2D eigenvalue weighted by Gasteiger charge is -2.31. The van der Waals surface area contributed by atoms with Gasteiger partial charge in [0, 0.05) is 38.4 Å². The van der Waals surface area contributed by atoms with Crippen LogP contribution in [0.25, 0.3) is 0 Å². The van der Waals surface area contributed by atoms with E-state index in [1.807, 2.05) is 6.92 Å². The zero-order chi connectivity index (χ0) is 18.8. The molecule has 0 bridgehead atoms. The van der Waals surface area contributed by atoms with E-state index in [4.69, 9.17) is 0 Å². The molecule has 0 unspecified atom stereocenters. The summed E-state index contributed by atoms with van der Waals surface area (Å²) in [6, 6.07) is 2.65. The third-order valence-electron chi connectivity index (χ3n) is 4.81. The van der Waals surface area contributed by atoms with E-state index in [1.165, 1.54) is 10.9 Å². The normalized spacial score (nSPS) is 15.7. The Kier molecular flexibility index (Phi) is 5.15. The van der Waals surface area contributed by atoms with E-state index in [0.717, 1.165) is 24.6 Å². The molecule has 3 heterocycles. The van der Waals surface area contributed by atoms with Gasteiger partial charge >= 0.3 is 0 Å². The fourth-order valence-electron chi connectivity index (χ4n) is 3.12. The van der Waals surface area contributed by atoms with Crippen LogP contribution in [0.5, 0.6) is 0 Å². The minimum Gasteiger partial charge on any atom is -0.337 e. The van der Waals surface area contributed by atoms with Crippen molar-refractivity contribution in [2.75, 3.05) is 13.1 Å². The van der Waals surface area contributed by atoms with Crippen LogP contribution in [-0.2, 0) is 13.6 Å². The van der Waals surface area contributed by atoms with Crippen molar-refractivity contribution in [1.29, 1.82) is 0 Å². The lowest BCUT2D eigenvalue weighted by atomic mass is 9.96. The van der Waals surface area contributed by atoms with Crippen LogP contribution in [-0.4, -0.2) is 43.2 Å². The molecular weight excluding hydrogens is 344 g/mol. The van der Waals surface area contributed by atoms with Gasteiger partial charge in [-0.2, -0.15) is 5.10 Å². The molecule has 140 valence electrons. The van der Waals surface area contributed by atoms with Gasteiger partial charge in [-0.3, -0.25) is 18.8 Å². The van der Waals surface area contributed by atoms with Gasteiger partial charge in [0.25, 0.3) is 17.9 Å². The minimum absolute atomic E-state index is 0.0905. The lowest BCUT2D eigenvalue weighted by molar-refractivity contribution is 0.0675. The number of amides is 1. The maximum absolute atomic E-state index is 12.6. The molecule has 0 saturated carbocycles. The molecule has 1 saturated heterocycles. The summed E-state index contributed by atoms with van der Waals surface area (Å²) in [5.74, 6) is 0.105. The van der Waals surface area contributed by atoms with E-state index in [1.54, 1.807) is 22.7 Å². The summed E-state index contributed by atoms with van der Waals surface area (Å²) in [6.45, 7) is 3.47. The van der Waals surface area contributed by atoms with Gasteiger partial charge in [-0.25, -0.2) is 13.8 Å². The summed E-state index contributed by atoms with van der Waals surface area (Å²) in [6.07, 6.45) is -0.0963. The summed E-state index contributed by atoms with van der Waals surface area (Å²) < 4.78 is 28.2. The molecule has 9 heteroatoms. The highest BCUT2D eigenvalue weighted by Gasteiger charge is 2.25. The van der Waals surface area contributed by atoms with Crippen molar-refractivity contribution in [3.05, 3.63) is 45.9 Å². The SMILES string of the molecule is Cc1cc(C(=O)N2CCC(Cn3cnc(C(F)F)cc3=O)CC2)nn1C. The number of nitrogens with zero attached hydrogens (tertiary/aromatic N) is 5. The molecule has 2 aromatic rings. The molecular formula is C17H21F2N5O2. The number of hydrogen-bond donors (Lipinski definition) is 0. The van der Waals surface area contributed by atoms with Gasteiger partial charge < -0.3 is 4.90 Å². The number of carbonyl (C=O) groups excluding carboxylic acids is 1. The Balaban J connectivity index is 1.59. The van der Waals surface area contributed by atoms with Crippen molar-refractivity contribution in [2.45, 2.75) is 32.7 Å². The summed E-state index contributed by atoms with van der Waals surface area (Å²) in [4.78, 5) is 29.8. The Bertz CT molecular complexity index is 834. The van der Waals surface area contributed by atoms with Crippen LogP contribution < -0.4 is 5.56 Å². The number of carbonyl (C=O) groups is 1. The molecule has 1 aliphatic heterocycles. The number of likely N-dealkylation sites (tertiary alicyclic amines) is 1. The third-order valence-corrected chi connectivity index (χ3v) is 4.81. The van der Waals surface area contributed by atoms with Crippen molar-refractivity contribution >= 4 is 5.91 Å². The van der Waals surface area contributed by atoms with Crippen molar-refractivity contribution in [3.63, 3.8) is 0 Å². The molecule has 0 N–H and O–H groups in total. The highest BCUT2D eigenvalue weighted by Crippen LogP contribution is 2.20. The van der Waals surface area contributed by atoms with E-state index in [9.17, 15) is 18.4 Å². The lowest BCUT2D eigenvalue weighted by Crippen LogP contribution is -2.40. The van der Waals surface area contributed by atoms with Crippen LogP contribution >= 0.6 is 0 Å². The van der Waals surface area contributed by atoms with Crippen molar-refractivity contribution < 1.29 is 13.6 Å². The summed E-state index contributed by atoms with van der Waals surface area (Å²) >= 11 is 0. The van der Waals surface area contributed by atoms with Crippen LogP contribution in [0.2, 0.25) is 0 Å². The zero-order valence-corrected chi connectivity index (χ0v) is 14.7. The van der Waals surface area contributed by atoms with Gasteiger partial charge in [-0.1, -0.05) is 0 Å². The second kappa shape index (κ2) is 7.35. The largest absolute Gasteiger partial charge is 0.337 e. The standard InChI is InChI=1S/C17H21F2N5O2/c1-11-7-14(21-22(11)2)17(26)23-5-3-12(4-6-23)9-24-10-20-13(16(18)19)8-15(24)25/h7-8,10,12,16H,3-6,9H2,1-2H3. The van der Waals surface area contributed by atoms with E-state index < -0.39 is 17.7 Å². The first-order chi connectivity index (χ1) is 12.3. The van der Waals surface area contributed by atoms with Crippen LogP contribution in [0.3, 0.4) is 0 Å². The van der Waals surface area contributed by atoms with Gasteiger partial charge in [-0.05, 0) is 31.7 Å². The van der Waals surface area contributed by atoms with Gasteiger partial charge in [0.1, 0.15) is 5.69 Å². The number of hydrogen-bond acceptors (Lipinski definition) is 4. The number of halogens is 2. The average molecular weight is 365 g/mol. The third kappa shape index (κ3) is 3.81. The van der Waals surface area contributed by atoms with E-state index >= 15 is 0 Å². The van der Waals surface area contributed by atoms with E-state index in [2.05, 4.69) is 10.1 Å². The number of aromatic nitrogens is 4. The van der Waals surface area contributed by atoms with Gasteiger partial charge in [0.05, 0.1) is 6.33 Å². The van der Waals surface area contributed by atoms with Crippen molar-refractivity contribution in [1.82, 2.24) is 24.2 Å². The van der Waals surface area contributed by atoms with Crippen molar-refractivity contribution in [2.24, 2.45) is 13.0 Å².